The number of hydrogen-bond acceptors (Lipinski definition) is 7. The number of rotatable bonds is 6. The van der Waals surface area contributed by atoms with E-state index in [0.29, 0.717) is 17.0 Å². The highest BCUT2D eigenvalue weighted by atomic mass is 32.2. The lowest BCUT2D eigenvalue weighted by atomic mass is 10.0. The summed E-state index contributed by atoms with van der Waals surface area (Å²) in [5.41, 5.74) is 6.38. The molecule has 3 aromatic rings. The molecule has 0 saturated carbocycles. The third kappa shape index (κ3) is 3.74. The largest absolute Gasteiger partial charge is 0.453 e. The molecular weight excluding hydrogens is 484 g/mol. The highest BCUT2D eigenvalue weighted by Gasteiger charge is 2.38. The Morgan fingerprint density at radius 2 is 2.09 bits per heavy atom. The monoisotopic (exact) mass is 507 g/mol. The molecule has 0 spiro atoms. The third-order valence-electron chi connectivity index (χ3n) is 6.34. The number of fused-ring (bicyclic) bond motifs is 2. The molecule has 1 saturated heterocycles. The second-order valence-electron chi connectivity index (χ2n) is 8.41. The molecule has 2 aromatic heterocycles. The zero-order chi connectivity index (χ0) is 25.1. The van der Waals surface area contributed by atoms with Crippen molar-refractivity contribution in [2.24, 2.45) is 5.73 Å². The highest BCUT2D eigenvalue weighted by molar-refractivity contribution is 7.89. The topological polar surface area (TPSA) is 119 Å². The van der Waals surface area contributed by atoms with Gasteiger partial charge in [-0.2, -0.15) is 9.40 Å². The van der Waals surface area contributed by atoms with Gasteiger partial charge in [0, 0.05) is 50.1 Å². The van der Waals surface area contributed by atoms with Gasteiger partial charge in [0.1, 0.15) is 17.6 Å². The van der Waals surface area contributed by atoms with Crippen molar-refractivity contribution in [1.29, 1.82) is 0 Å². The maximum Gasteiger partial charge on any atom is 0.262 e. The van der Waals surface area contributed by atoms with E-state index >= 15 is 0 Å². The van der Waals surface area contributed by atoms with Gasteiger partial charge >= 0.3 is 0 Å². The number of ether oxygens (including phenoxy) is 2. The van der Waals surface area contributed by atoms with Crippen LogP contribution in [0.15, 0.2) is 35.5 Å². The van der Waals surface area contributed by atoms with E-state index in [1.807, 2.05) is 0 Å². The minimum atomic E-state index is -4.08. The number of sulfonamides is 1. The van der Waals surface area contributed by atoms with Gasteiger partial charge in [0.2, 0.25) is 11.8 Å². The summed E-state index contributed by atoms with van der Waals surface area (Å²) in [4.78, 5) is 14.0. The lowest BCUT2D eigenvalue weighted by Gasteiger charge is -2.27. The van der Waals surface area contributed by atoms with Crippen LogP contribution in [0.1, 0.15) is 35.3 Å². The molecule has 5 rings (SSSR count). The Morgan fingerprint density at radius 3 is 2.80 bits per heavy atom. The Bertz CT molecular complexity index is 1440. The van der Waals surface area contributed by atoms with Crippen molar-refractivity contribution >= 4 is 27.1 Å². The van der Waals surface area contributed by atoms with E-state index in [1.165, 1.54) is 36.0 Å². The number of amides is 1. The normalized spacial score (nSPS) is 19.7. The second kappa shape index (κ2) is 8.34. The Balaban J connectivity index is 1.63. The van der Waals surface area contributed by atoms with Gasteiger partial charge in [0.25, 0.3) is 15.9 Å². The average Bonchev–Trinajstić information content (AvgIpc) is 3.53. The quantitative estimate of drug-likeness (QED) is 0.543. The molecule has 2 atom stereocenters. The summed E-state index contributed by atoms with van der Waals surface area (Å²) in [5.74, 6) is -0.895. The number of pyridine rings is 1. The van der Waals surface area contributed by atoms with Crippen molar-refractivity contribution < 1.29 is 31.5 Å². The third-order valence-corrected chi connectivity index (χ3v) is 8.19. The van der Waals surface area contributed by atoms with Crippen LogP contribution in [0, 0.1) is 5.82 Å². The SMILES string of the molecule is CCN(C)S(=O)(=O)c1nn2ccc(N3C[C@@H](F)C[C@@H]3c3cc(F)cc4c3OCO4)cc2c1C(N)=O. The molecule has 2 N–H and O–H groups in total. The molecule has 0 unspecified atom stereocenters. The van der Waals surface area contributed by atoms with Crippen LogP contribution in [0.5, 0.6) is 11.5 Å². The fraction of sp³-hybridized carbons (Fsp3) is 0.364. The van der Waals surface area contributed by atoms with Crippen molar-refractivity contribution in [3.8, 4) is 11.5 Å². The molecule has 2 aliphatic heterocycles. The first kappa shape index (κ1) is 23.3. The smallest absolute Gasteiger partial charge is 0.262 e. The zero-order valence-corrected chi connectivity index (χ0v) is 19.8. The Morgan fingerprint density at radius 1 is 1.31 bits per heavy atom. The van der Waals surface area contributed by atoms with Crippen LogP contribution in [-0.4, -0.2) is 61.3 Å². The summed E-state index contributed by atoms with van der Waals surface area (Å²) >= 11 is 0. The molecule has 186 valence electrons. The summed E-state index contributed by atoms with van der Waals surface area (Å²) in [7, 11) is -2.71. The van der Waals surface area contributed by atoms with Crippen LogP contribution in [0.3, 0.4) is 0 Å². The van der Waals surface area contributed by atoms with Gasteiger partial charge in [0.15, 0.2) is 11.5 Å². The Hall–Kier alpha value is -3.45. The van der Waals surface area contributed by atoms with E-state index in [2.05, 4.69) is 5.10 Å². The Kier molecular flexibility index (Phi) is 5.55. The molecule has 2 aliphatic rings. The number of alkyl halides is 1. The zero-order valence-electron chi connectivity index (χ0n) is 18.9. The van der Waals surface area contributed by atoms with Crippen molar-refractivity contribution in [2.45, 2.75) is 30.6 Å². The average molecular weight is 508 g/mol. The second-order valence-corrected chi connectivity index (χ2v) is 10.4. The van der Waals surface area contributed by atoms with E-state index in [4.69, 9.17) is 15.2 Å². The predicted molar refractivity (Wildman–Crippen MR) is 121 cm³/mol. The van der Waals surface area contributed by atoms with Crippen molar-refractivity contribution in [2.75, 3.05) is 31.8 Å². The van der Waals surface area contributed by atoms with E-state index in [0.717, 1.165) is 4.31 Å². The Labute approximate surface area is 199 Å². The van der Waals surface area contributed by atoms with Gasteiger partial charge in [-0.25, -0.2) is 21.7 Å². The van der Waals surface area contributed by atoms with Crippen molar-refractivity contribution in [3.05, 3.63) is 47.4 Å². The van der Waals surface area contributed by atoms with Gasteiger partial charge < -0.3 is 20.1 Å². The first-order valence-electron chi connectivity index (χ1n) is 10.9. The van der Waals surface area contributed by atoms with Gasteiger partial charge in [-0.05, 0) is 18.2 Å². The number of anilines is 1. The number of carbonyl (C=O) groups excluding carboxylic acids is 1. The highest BCUT2D eigenvalue weighted by Crippen LogP contribution is 2.46. The van der Waals surface area contributed by atoms with Crippen molar-refractivity contribution in [1.82, 2.24) is 13.9 Å². The molecule has 0 bridgehead atoms. The lowest BCUT2D eigenvalue weighted by Crippen LogP contribution is -2.29. The minimum Gasteiger partial charge on any atom is -0.453 e. The number of primary amides is 1. The first-order valence-corrected chi connectivity index (χ1v) is 12.3. The molecular formula is C22H23F2N5O5S. The van der Waals surface area contributed by atoms with Crippen LogP contribution < -0.4 is 20.1 Å². The van der Waals surface area contributed by atoms with Crippen LogP contribution in [-0.2, 0) is 10.0 Å². The van der Waals surface area contributed by atoms with Gasteiger partial charge in [-0.3, -0.25) is 4.79 Å². The molecule has 1 amide bonds. The first-order chi connectivity index (χ1) is 16.6. The van der Waals surface area contributed by atoms with Crippen LogP contribution in [0.4, 0.5) is 14.5 Å². The van der Waals surface area contributed by atoms with Crippen LogP contribution in [0.2, 0.25) is 0 Å². The van der Waals surface area contributed by atoms with E-state index in [-0.39, 0.29) is 43.1 Å². The van der Waals surface area contributed by atoms with E-state index < -0.39 is 39.0 Å². The molecule has 13 heteroatoms. The number of benzene rings is 1. The molecule has 0 radical (unpaired) electrons. The summed E-state index contributed by atoms with van der Waals surface area (Å²) in [6, 6.07) is 5.06. The number of carbonyl (C=O) groups is 1. The van der Waals surface area contributed by atoms with Gasteiger partial charge in [0.05, 0.1) is 11.6 Å². The maximum absolute atomic E-state index is 14.7. The molecule has 0 aliphatic carbocycles. The molecule has 1 aromatic carbocycles. The van der Waals surface area contributed by atoms with E-state index in [9.17, 15) is 22.0 Å². The number of nitrogens with zero attached hydrogens (tertiary/aromatic N) is 4. The fourth-order valence-electron chi connectivity index (χ4n) is 4.54. The summed E-state index contributed by atoms with van der Waals surface area (Å²) in [6.07, 6.45) is 0.334. The standard InChI is InChI=1S/C22H23F2N5O5S/c1-3-27(2)35(31,32)22-19(21(25)30)17-9-14(4-5-29(17)26-22)28-10-13(24)7-16(28)15-6-12(23)8-18-20(15)34-11-33-18/h4-6,8-9,13,16H,3,7,10-11H2,1-2H3,(H2,25,30)/t13-,16+/m0/s1. The predicted octanol–water partition coefficient (Wildman–Crippen LogP) is 2.23. The molecule has 1 fully saturated rings. The lowest BCUT2D eigenvalue weighted by molar-refractivity contribution is 0.0998. The molecule has 4 heterocycles. The number of aromatic nitrogens is 2. The van der Waals surface area contributed by atoms with Gasteiger partial charge in [-0.15, -0.1) is 0 Å². The molecule has 35 heavy (non-hydrogen) atoms. The summed E-state index contributed by atoms with van der Waals surface area (Å²) in [6.45, 7) is 1.74. The number of halogens is 2. The fourth-order valence-corrected chi connectivity index (χ4v) is 5.83. The summed E-state index contributed by atoms with van der Waals surface area (Å²) in [5, 5.41) is 3.64. The maximum atomic E-state index is 14.7. The molecule has 10 nitrogen and oxygen atoms in total. The minimum absolute atomic E-state index is 0.00322. The summed E-state index contributed by atoms with van der Waals surface area (Å²) < 4.78 is 68.0. The number of hydrogen-bond donors (Lipinski definition) is 1. The van der Waals surface area contributed by atoms with Gasteiger partial charge in [-0.1, -0.05) is 6.92 Å². The van der Waals surface area contributed by atoms with Crippen LogP contribution >= 0.6 is 0 Å². The van der Waals surface area contributed by atoms with Crippen molar-refractivity contribution in [3.63, 3.8) is 0 Å². The number of nitrogens with two attached hydrogens (primary N) is 1. The van der Waals surface area contributed by atoms with E-state index in [1.54, 1.807) is 17.9 Å². The van der Waals surface area contributed by atoms with Crippen LogP contribution in [0.25, 0.3) is 5.52 Å².